The van der Waals surface area contributed by atoms with Crippen LogP contribution in [0.3, 0.4) is 0 Å². The van der Waals surface area contributed by atoms with E-state index in [1.54, 1.807) is 52.5 Å². The van der Waals surface area contributed by atoms with Crippen molar-refractivity contribution in [2.45, 2.75) is 6.54 Å². The number of aromatic nitrogens is 5. The SMILES string of the molecule is Nc1nc(-c2cc(-c3ccon3)n(Cc3ccccc3F)n2)ncc1-c1ccsc1. The minimum absolute atomic E-state index is 0.220. The molecule has 0 amide bonds. The topological polar surface area (TPSA) is 95.7 Å². The Morgan fingerprint density at radius 3 is 2.77 bits per heavy atom. The number of anilines is 1. The molecule has 0 fully saturated rings. The normalized spacial score (nSPS) is 11.1. The van der Waals surface area contributed by atoms with Crippen LogP contribution >= 0.6 is 11.3 Å². The second-order valence-corrected chi connectivity index (χ2v) is 7.33. The van der Waals surface area contributed by atoms with Gasteiger partial charge in [0.1, 0.15) is 29.3 Å². The van der Waals surface area contributed by atoms with E-state index in [1.807, 2.05) is 16.8 Å². The molecule has 0 radical (unpaired) electrons. The Balaban J connectivity index is 1.56. The maximum atomic E-state index is 14.2. The van der Waals surface area contributed by atoms with E-state index in [-0.39, 0.29) is 12.4 Å². The lowest BCUT2D eigenvalue weighted by Crippen LogP contribution is -2.06. The van der Waals surface area contributed by atoms with Crippen LogP contribution in [0.25, 0.3) is 34.0 Å². The van der Waals surface area contributed by atoms with Crippen molar-refractivity contribution >= 4 is 17.2 Å². The van der Waals surface area contributed by atoms with E-state index in [1.165, 1.54) is 12.3 Å². The summed E-state index contributed by atoms with van der Waals surface area (Å²) in [7, 11) is 0. The Morgan fingerprint density at radius 1 is 1.13 bits per heavy atom. The van der Waals surface area contributed by atoms with E-state index in [4.69, 9.17) is 10.3 Å². The molecule has 4 aromatic heterocycles. The highest BCUT2D eigenvalue weighted by atomic mass is 32.1. The molecule has 0 aliphatic carbocycles. The molecule has 1 aromatic carbocycles. The highest BCUT2D eigenvalue weighted by Gasteiger charge is 2.18. The van der Waals surface area contributed by atoms with Gasteiger partial charge < -0.3 is 10.3 Å². The number of hydrogen-bond donors (Lipinski definition) is 1. The Bertz CT molecular complexity index is 1300. The predicted molar refractivity (Wildman–Crippen MR) is 112 cm³/mol. The highest BCUT2D eigenvalue weighted by molar-refractivity contribution is 7.08. The van der Waals surface area contributed by atoms with Crippen molar-refractivity contribution in [1.82, 2.24) is 24.9 Å². The number of hydrogen-bond acceptors (Lipinski definition) is 7. The molecular weight excluding hydrogens is 403 g/mol. The molecule has 5 aromatic rings. The molecule has 0 aliphatic rings. The van der Waals surface area contributed by atoms with Crippen molar-refractivity contribution in [2.24, 2.45) is 0 Å². The Morgan fingerprint density at radius 2 is 2.03 bits per heavy atom. The van der Waals surface area contributed by atoms with Crippen LogP contribution in [0.4, 0.5) is 10.2 Å². The smallest absolute Gasteiger partial charge is 0.182 e. The summed E-state index contributed by atoms with van der Waals surface area (Å²) in [5.41, 5.74) is 10.2. The third kappa shape index (κ3) is 3.35. The van der Waals surface area contributed by atoms with E-state index in [0.717, 1.165) is 11.1 Å². The molecule has 30 heavy (non-hydrogen) atoms. The van der Waals surface area contributed by atoms with Crippen molar-refractivity contribution in [2.75, 3.05) is 5.73 Å². The van der Waals surface area contributed by atoms with Gasteiger partial charge in [0.25, 0.3) is 0 Å². The molecule has 5 rings (SSSR count). The minimum atomic E-state index is -0.304. The molecule has 148 valence electrons. The molecule has 0 unspecified atom stereocenters. The van der Waals surface area contributed by atoms with Crippen LogP contribution in [-0.4, -0.2) is 24.9 Å². The molecule has 0 saturated heterocycles. The van der Waals surface area contributed by atoms with E-state index in [2.05, 4.69) is 20.2 Å². The zero-order valence-electron chi connectivity index (χ0n) is 15.6. The quantitative estimate of drug-likeness (QED) is 0.452. The van der Waals surface area contributed by atoms with Crippen LogP contribution in [0.5, 0.6) is 0 Å². The average molecular weight is 418 g/mol. The molecule has 0 spiro atoms. The van der Waals surface area contributed by atoms with Gasteiger partial charge in [0, 0.05) is 23.4 Å². The fourth-order valence-electron chi connectivity index (χ4n) is 3.14. The Kier molecular flexibility index (Phi) is 4.56. The molecule has 0 atom stereocenters. The first-order valence-corrected chi connectivity index (χ1v) is 10.0. The average Bonchev–Trinajstić information content (AvgIpc) is 3.51. The monoisotopic (exact) mass is 418 g/mol. The number of nitrogens with zero attached hydrogens (tertiary/aromatic N) is 5. The Labute approximate surface area is 174 Å². The van der Waals surface area contributed by atoms with E-state index in [9.17, 15) is 4.39 Å². The van der Waals surface area contributed by atoms with Gasteiger partial charge in [-0.05, 0) is 34.5 Å². The number of thiophene rings is 1. The van der Waals surface area contributed by atoms with Crippen LogP contribution in [0.15, 0.2) is 70.2 Å². The molecule has 4 heterocycles. The van der Waals surface area contributed by atoms with Gasteiger partial charge in [-0.25, -0.2) is 14.4 Å². The van der Waals surface area contributed by atoms with Gasteiger partial charge in [0.05, 0.1) is 12.2 Å². The number of benzene rings is 1. The molecule has 0 saturated carbocycles. The summed E-state index contributed by atoms with van der Waals surface area (Å²) in [6, 6.07) is 12.0. The number of nitrogens with two attached hydrogens (primary N) is 1. The first-order valence-electron chi connectivity index (χ1n) is 9.06. The summed E-state index contributed by atoms with van der Waals surface area (Å²) < 4.78 is 20.8. The lowest BCUT2D eigenvalue weighted by molar-refractivity contribution is 0.421. The van der Waals surface area contributed by atoms with Crippen molar-refractivity contribution < 1.29 is 8.91 Å². The highest BCUT2D eigenvalue weighted by Crippen LogP contribution is 2.29. The summed E-state index contributed by atoms with van der Waals surface area (Å²) in [5.74, 6) is 0.440. The van der Waals surface area contributed by atoms with E-state index < -0.39 is 0 Å². The molecule has 2 N–H and O–H groups in total. The van der Waals surface area contributed by atoms with Gasteiger partial charge >= 0.3 is 0 Å². The number of halogens is 1. The number of nitrogen functional groups attached to an aromatic ring is 1. The van der Waals surface area contributed by atoms with Crippen LogP contribution in [0, 0.1) is 5.82 Å². The maximum Gasteiger partial charge on any atom is 0.182 e. The van der Waals surface area contributed by atoms with Crippen molar-refractivity contribution in [1.29, 1.82) is 0 Å². The third-order valence-electron chi connectivity index (χ3n) is 4.64. The summed E-state index contributed by atoms with van der Waals surface area (Å²) in [5, 5.41) is 12.5. The molecular formula is C21H15FN6OS. The molecule has 9 heteroatoms. The summed E-state index contributed by atoms with van der Waals surface area (Å²) in [6.45, 7) is 0.220. The minimum Gasteiger partial charge on any atom is -0.383 e. The van der Waals surface area contributed by atoms with Gasteiger partial charge in [0.15, 0.2) is 5.82 Å². The van der Waals surface area contributed by atoms with E-state index >= 15 is 0 Å². The fraction of sp³-hybridized carbons (Fsp3) is 0.0476. The number of rotatable bonds is 5. The van der Waals surface area contributed by atoms with Gasteiger partial charge in [-0.2, -0.15) is 16.4 Å². The van der Waals surface area contributed by atoms with Crippen molar-refractivity contribution in [3.05, 3.63) is 77.1 Å². The lowest BCUT2D eigenvalue weighted by atomic mass is 10.1. The molecule has 0 aliphatic heterocycles. The first-order chi connectivity index (χ1) is 14.7. The van der Waals surface area contributed by atoms with Crippen LogP contribution in [0.2, 0.25) is 0 Å². The van der Waals surface area contributed by atoms with Gasteiger partial charge in [-0.15, -0.1) is 0 Å². The van der Waals surface area contributed by atoms with Crippen LogP contribution in [0.1, 0.15) is 5.56 Å². The summed E-state index contributed by atoms with van der Waals surface area (Å²) >= 11 is 1.58. The van der Waals surface area contributed by atoms with Gasteiger partial charge in [-0.1, -0.05) is 23.4 Å². The zero-order valence-corrected chi connectivity index (χ0v) is 16.4. The summed E-state index contributed by atoms with van der Waals surface area (Å²) in [6.07, 6.45) is 3.16. The van der Waals surface area contributed by atoms with Crippen LogP contribution < -0.4 is 5.73 Å². The predicted octanol–water partition coefficient (Wildman–Crippen LogP) is 4.49. The third-order valence-corrected chi connectivity index (χ3v) is 5.32. The van der Waals surface area contributed by atoms with Crippen molar-refractivity contribution in [3.8, 4) is 34.0 Å². The zero-order chi connectivity index (χ0) is 20.5. The Hall–Kier alpha value is -3.85. The second kappa shape index (κ2) is 7.53. The largest absolute Gasteiger partial charge is 0.383 e. The van der Waals surface area contributed by atoms with Crippen molar-refractivity contribution in [3.63, 3.8) is 0 Å². The van der Waals surface area contributed by atoms with Crippen LogP contribution in [-0.2, 0) is 6.54 Å². The molecule has 0 bridgehead atoms. The maximum absolute atomic E-state index is 14.2. The first kappa shape index (κ1) is 18.2. The second-order valence-electron chi connectivity index (χ2n) is 6.55. The van der Waals surface area contributed by atoms with Gasteiger partial charge in [0.2, 0.25) is 0 Å². The van der Waals surface area contributed by atoms with Gasteiger partial charge in [-0.3, -0.25) is 4.68 Å². The standard InChI is InChI=1S/C21H15FN6OS/c22-16-4-2-1-3-13(16)11-28-19(17-5-7-29-27-17)9-18(26-28)21-24-10-15(20(23)25-21)14-6-8-30-12-14/h1-10,12H,11H2,(H2,23,24,25). The lowest BCUT2D eigenvalue weighted by Gasteiger charge is -2.06. The summed E-state index contributed by atoms with van der Waals surface area (Å²) in [4.78, 5) is 8.88. The fourth-order valence-corrected chi connectivity index (χ4v) is 3.80. The molecule has 7 nitrogen and oxygen atoms in total. The van der Waals surface area contributed by atoms with E-state index in [0.29, 0.717) is 34.3 Å².